The lowest BCUT2D eigenvalue weighted by molar-refractivity contribution is 0.922. The van der Waals surface area contributed by atoms with Crippen molar-refractivity contribution < 1.29 is 0 Å². The third-order valence-corrected chi connectivity index (χ3v) is 3.57. The minimum absolute atomic E-state index is 0.0329. The Hall–Kier alpha value is -2.00. The molecule has 20 heavy (non-hydrogen) atoms. The third-order valence-electron chi connectivity index (χ3n) is 3.21. The second-order valence-corrected chi connectivity index (χ2v) is 5.32. The zero-order valence-corrected chi connectivity index (χ0v) is 12.4. The van der Waals surface area contributed by atoms with Crippen LogP contribution in [0.15, 0.2) is 42.5 Å². The fourth-order valence-corrected chi connectivity index (χ4v) is 2.30. The van der Waals surface area contributed by atoms with Crippen molar-refractivity contribution in [3.63, 3.8) is 0 Å². The van der Waals surface area contributed by atoms with Gasteiger partial charge in [-0.2, -0.15) is 0 Å². The Morgan fingerprint density at radius 1 is 1.25 bits per heavy atom. The smallest absolute Gasteiger partial charge is 0.122 e. The molecule has 2 aromatic carbocycles. The molecule has 3 nitrogen and oxygen atoms in total. The Balaban J connectivity index is 2.19. The Morgan fingerprint density at radius 3 is 2.60 bits per heavy atom. The highest BCUT2D eigenvalue weighted by molar-refractivity contribution is 6.31. The first kappa shape index (κ1) is 14.4. The first-order chi connectivity index (χ1) is 9.47. The van der Waals surface area contributed by atoms with Crippen molar-refractivity contribution in [2.24, 2.45) is 5.73 Å². The number of nitrogens with zero attached hydrogens (tertiary/aromatic N) is 1. The van der Waals surface area contributed by atoms with Gasteiger partial charge >= 0.3 is 0 Å². The number of nitrogen functional groups attached to an aromatic ring is 1. The molecule has 0 spiro atoms. The molecule has 0 bridgehead atoms. The van der Waals surface area contributed by atoms with E-state index >= 15 is 0 Å². The molecule has 0 aliphatic carbocycles. The summed E-state index contributed by atoms with van der Waals surface area (Å²) in [6.07, 6.45) is 0. The maximum absolute atomic E-state index is 7.41. The second-order valence-electron chi connectivity index (χ2n) is 4.91. The summed E-state index contributed by atoms with van der Waals surface area (Å²) in [6, 6.07) is 13.8. The van der Waals surface area contributed by atoms with Gasteiger partial charge in [-0.1, -0.05) is 35.9 Å². The van der Waals surface area contributed by atoms with E-state index in [1.807, 2.05) is 25.2 Å². The fourth-order valence-electron chi connectivity index (χ4n) is 2.06. The minimum Gasteiger partial charge on any atom is -0.384 e. The monoisotopic (exact) mass is 287 g/mol. The van der Waals surface area contributed by atoms with Gasteiger partial charge in [0.1, 0.15) is 5.84 Å². The van der Waals surface area contributed by atoms with Gasteiger partial charge in [-0.15, -0.1) is 0 Å². The van der Waals surface area contributed by atoms with E-state index in [4.69, 9.17) is 22.7 Å². The zero-order chi connectivity index (χ0) is 14.7. The van der Waals surface area contributed by atoms with E-state index < -0.39 is 0 Å². The first-order valence-electron chi connectivity index (χ1n) is 6.38. The summed E-state index contributed by atoms with van der Waals surface area (Å²) in [5, 5.41) is 8.05. The van der Waals surface area contributed by atoms with Crippen LogP contribution in [0, 0.1) is 12.3 Å². The lowest BCUT2D eigenvalue weighted by atomic mass is 10.1. The predicted octanol–water partition coefficient (Wildman–Crippen LogP) is 3.57. The van der Waals surface area contributed by atoms with Crippen molar-refractivity contribution in [2.45, 2.75) is 13.5 Å². The van der Waals surface area contributed by atoms with Gasteiger partial charge in [0, 0.05) is 29.9 Å². The van der Waals surface area contributed by atoms with Crippen molar-refractivity contribution in [3.05, 3.63) is 64.2 Å². The molecule has 2 rings (SSSR count). The minimum atomic E-state index is 0.0329. The molecule has 0 unspecified atom stereocenters. The number of hydrogen-bond acceptors (Lipinski definition) is 2. The Bertz CT molecular complexity index is 637. The van der Waals surface area contributed by atoms with E-state index in [1.165, 1.54) is 5.56 Å². The number of halogens is 1. The molecule has 0 saturated carbocycles. The molecule has 0 heterocycles. The molecule has 0 saturated heterocycles. The lowest BCUT2D eigenvalue weighted by Gasteiger charge is -2.20. The van der Waals surface area contributed by atoms with Crippen molar-refractivity contribution >= 4 is 23.1 Å². The molecule has 0 amide bonds. The summed E-state index contributed by atoms with van der Waals surface area (Å²) >= 11 is 6.26. The van der Waals surface area contributed by atoms with Gasteiger partial charge in [0.15, 0.2) is 0 Å². The summed E-state index contributed by atoms with van der Waals surface area (Å²) in [7, 11) is 2.03. The van der Waals surface area contributed by atoms with E-state index in [0.717, 1.165) is 11.3 Å². The molecule has 104 valence electrons. The first-order valence-corrected chi connectivity index (χ1v) is 6.76. The van der Waals surface area contributed by atoms with Gasteiger partial charge in [0.2, 0.25) is 0 Å². The molecule has 0 aliphatic heterocycles. The maximum atomic E-state index is 7.41. The largest absolute Gasteiger partial charge is 0.384 e. The van der Waals surface area contributed by atoms with Gasteiger partial charge in [-0.05, 0) is 36.2 Å². The van der Waals surface area contributed by atoms with Crippen LogP contribution < -0.4 is 10.6 Å². The number of hydrogen-bond donors (Lipinski definition) is 2. The van der Waals surface area contributed by atoms with Crippen molar-refractivity contribution in [1.82, 2.24) is 0 Å². The van der Waals surface area contributed by atoms with E-state index in [1.54, 1.807) is 6.07 Å². The Kier molecular flexibility index (Phi) is 4.30. The number of aryl methyl sites for hydroxylation is 1. The quantitative estimate of drug-likeness (QED) is 0.667. The highest BCUT2D eigenvalue weighted by Gasteiger charge is 2.07. The van der Waals surface area contributed by atoms with E-state index in [0.29, 0.717) is 17.1 Å². The topological polar surface area (TPSA) is 53.1 Å². The van der Waals surface area contributed by atoms with Crippen molar-refractivity contribution in [1.29, 1.82) is 5.41 Å². The van der Waals surface area contributed by atoms with Gasteiger partial charge < -0.3 is 10.6 Å². The molecule has 0 atom stereocenters. The predicted molar refractivity (Wildman–Crippen MR) is 85.8 cm³/mol. The van der Waals surface area contributed by atoms with Crippen LogP contribution in [0.25, 0.3) is 0 Å². The van der Waals surface area contributed by atoms with Gasteiger partial charge in [-0.25, -0.2) is 0 Å². The summed E-state index contributed by atoms with van der Waals surface area (Å²) in [5.74, 6) is 0.0329. The standard InChI is InChI=1S/C16H18ClN3/c1-11-4-3-5-14(8-11)20(2)10-13-7-6-12(16(18)19)9-15(13)17/h3-9H,10H2,1-2H3,(H3,18,19). The van der Waals surface area contributed by atoms with Gasteiger partial charge in [-0.3, -0.25) is 5.41 Å². The summed E-state index contributed by atoms with van der Waals surface area (Å²) in [6.45, 7) is 2.78. The number of rotatable bonds is 4. The Morgan fingerprint density at radius 2 is 2.00 bits per heavy atom. The number of benzene rings is 2. The van der Waals surface area contributed by atoms with Gasteiger partial charge in [0.25, 0.3) is 0 Å². The van der Waals surface area contributed by atoms with Crippen LogP contribution in [0.3, 0.4) is 0 Å². The molecule has 4 heteroatoms. The average molecular weight is 288 g/mol. The van der Waals surface area contributed by atoms with Crippen LogP contribution in [0.2, 0.25) is 5.02 Å². The molecular weight excluding hydrogens is 270 g/mol. The zero-order valence-electron chi connectivity index (χ0n) is 11.7. The highest BCUT2D eigenvalue weighted by Crippen LogP contribution is 2.22. The summed E-state index contributed by atoms with van der Waals surface area (Å²) < 4.78 is 0. The van der Waals surface area contributed by atoms with Crippen molar-refractivity contribution in [2.75, 3.05) is 11.9 Å². The molecule has 2 aromatic rings. The van der Waals surface area contributed by atoms with E-state index in [-0.39, 0.29) is 5.84 Å². The van der Waals surface area contributed by atoms with Crippen LogP contribution in [0.5, 0.6) is 0 Å². The number of nitrogens with one attached hydrogen (secondary N) is 1. The van der Waals surface area contributed by atoms with Crippen LogP contribution in [-0.4, -0.2) is 12.9 Å². The molecule has 0 radical (unpaired) electrons. The van der Waals surface area contributed by atoms with Gasteiger partial charge in [0.05, 0.1) is 0 Å². The number of anilines is 1. The SMILES string of the molecule is Cc1cccc(N(C)Cc2ccc(C(=N)N)cc2Cl)c1. The van der Waals surface area contributed by atoms with Crippen LogP contribution in [-0.2, 0) is 6.54 Å². The second kappa shape index (κ2) is 5.97. The molecule has 3 N–H and O–H groups in total. The molecule has 0 aromatic heterocycles. The van der Waals surface area contributed by atoms with Crippen molar-refractivity contribution in [3.8, 4) is 0 Å². The third kappa shape index (κ3) is 3.31. The molecule has 0 fully saturated rings. The maximum Gasteiger partial charge on any atom is 0.122 e. The fraction of sp³-hybridized carbons (Fsp3) is 0.188. The highest BCUT2D eigenvalue weighted by atomic mass is 35.5. The number of nitrogens with two attached hydrogens (primary N) is 1. The lowest BCUT2D eigenvalue weighted by Crippen LogP contribution is -2.17. The average Bonchev–Trinajstić information content (AvgIpc) is 2.40. The molecule has 0 aliphatic rings. The number of amidine groups is 1. The Labute approximate surface area is 124 Å². The summed E-state index contributed by atoms with van der Waals surface area (Å²) in [4.78, 5) is 2.14. The van der Waals surface area contributed by atoms with Crippen LogP contribution in [0.4, 0.5) is 5.69 Å². The van der Waals surface area contributed by atoms with Crippen LogP contribution in [0.1, 0.15) is 16.7 Å². The van der Waals surface area contributed by atoms with E-state index in [2.05, 4.69) is 30.0 Å². The van der Waals surface area contributed by atoms with Crippen LogP contribution >= 0.6 is 11.6 Å². The summed E-state index contributed by atoms with van der Waals surface area (Å²) in [5.41, 5.74) is 9.50. The normalized spacial score (nSPS) is 10.3. The van der Waals surface area contributed by atoms with E-state index in [9.17, 15) is 0 Å². The molecular formula is C16H18ClN3.